The first kappa shape index (κ1) is 15.6. The Morgan fingerprint density at radius 2 is 1.90 bits per heavy atom. The number of halogens is 1. The summed E-state index contributed by atoms with van der Waals surface area (Å²) in [7, 11) is 0. The molecule has 0 aliphatic carbocycles. The average molecular weight is 305 g/mol. The van der Waals surface area contributed by atoms with Crippen LogP contribution in [0.1, 0.15) is 25.0 Å². The Kier molecular flexibility index (Phi) is 5.02. The highest BCUT2D eigenvalue weighted by Gasteiger charge is 2.09. The molecule has 0 aliphatic heterocycles. The van der Waals surface area contributed by atoms with Crippen LogP contribution in [0.25, 0.3) is 0 Å². The maximum absolute atomic E-state index is 6.31. The number of nitrogens with one attached hydrogen (secondary N) is 1. The van der Waals surface area contributed by atoms with Crippen molar-refractivity contribution in [3.63, 3.8) is 0 Å². The molecule has 2 aromatic rings. The normalized spacial score (nSPS) is 10.5. The molecule has 21 heavy (non-hydrogen) atoms. The molecule has 2 rings (SSSR count). The number of nitrogens with zero attached hydrogens (tertiary/aromatic N) is 3. The van der Waals surface area contributed by atoms with Gasteiger partial charge in [-0.25, -0.2) is 4.98 Å². The van der Waals surface area contributed by atoms with E-state index in [1.54, 1.807) is 6.20 Å². The molecular formula is C16H21ClN4. The molecule has 4 nitrogen and oxygen atoms in total. The summed E-state index contributed by atoms with van der Waals surface area (Å²) in [6.07, 6.45) is 1.76. The zero-order valence-corrected chi connectivity index (χ0v) is 13.7. The molecule has 0 amide bonds. The van der Waals surface area contributed by atoms with Gasteiger partial charge in [-0.1, -0.05) is 17.7 Å². The van der Waals surface area contributed by atoms with E-state index in [2.05, 4.69) is 40.1 Å². The molecule has 0 aliphatic rings. The number of aryl methyl sites for hydroxylation is 2. The second-order valence-corrected chi connectivity index (χ2v) is 5.38. The van der Waals surface area contributed by atoms with E-state index in [0.29, 0.717) is 11.0 Å². The Morgan fingerprint density at radius 3 is 2.52 bits per heavy atom. The molecule has 0 spiro atoms. The van der Waals surface area contributed by atoms with Crippen molar-refractivity contribution in [2.24, 2.45) is 0 Å². The summed E-state index contributed by atoms with van der Waals surface area (Å²) < 4.78 is 0. The molecule has 0 saturated carbocycles. The van der Waals surface area contributed by atoms with Gasteiger partial charge in [0.1, 0.15) is 5.82 Å². The van der Waals surface area contributed by atoms with Crippen molar-refractivity contribution in [1.82, 2.24) is 9.97 Å². The van der Waals surface area contributed by atoms with Crippen molar-refractivity contribution in [1.29, 1.82) is 0 Å². The largest absolute Gasteiger partial charge is 0.357 e. The van der Waals surface area contributed by atoms with Crippen molar-refractivity contribution in [2.45, 2.75) is 27.7 Å². The summed E-state index contributed by atoms with van der Waals surface area (Å²) in [5.41, 5.74) is 3.08. The van der Waals surface area contributed by atoms with Gasteiger partial charge in [0.2, 0.25) is 5.95 Å². The molecule has 1 aromatic carbocycles. The minimum Gasteiger partial charge on any atom is -0.357 e. The molecule has 0 unspecified atom stereocenters. The predicted octanol–water partition coefficient (Wildman–Crippen LogP) is 4.34. The van der Waals surface area contributed by atoms with E-state index in [1.165, 1.54) is 0 Å². The summed E-state index contributed by atoms with van der Waals surface area (Å²) >= 11 is 6.31. The van der Waals surface area contributed by atoms with Gasteiger partial charge in [-0.05, 0) is 51.0 Å². The highest BCUT2D eigenvalue weighted by molar-refractivity contribution is 6.33. The van der Waals surface area contributed by atoms with Crippen LogP contribution in [0, 0.1) is 13.8 Å². The maximum atomic E-state index is 6.31. The highest BCUT2D eigenvalue weighted by Crippen LogP contribution is 2.29. The van der Waals surface area contributed by atoms with Crippen LogP contribution in [0.5, 0.6) is 0 Å². The SMILES string of the molecule is CCN(CC)c1ccnc(Nc2c(C)cc(C)cc2Cl)n1. The number of aromatic nitrogens is 2. The molecule has 112 valence electrons. The molecule has 1 aromatic heterocycles. The first-order valence-corrected chi connectivity index (χ1v) is 7.54. The van der Waals surface area contributed by atoms with Crippen LogP contribution in [0.15, 0.2) is 24.4 Å². The maximum Gasteiger partial charge on any atom is 0.229 e. The zero-order valence-electron chi connectivity index (χ0n) is 12.9. The zero-order chi connectivity index (χ0) is 15.4. The predicted molar refractivity (Wildman–Crippen MR) is 89.8 cm³/mol. The fourth-order valence-corrected chi connectivity index (χ4v) is 2.69. The summed E-state index contributed by atoms with van der Waals surface area (Å²) in [4.78, 5) is 11.0. The van der Waals surface area contributed by atoms with Crippen LogP contribution in [0.4, 0.5) is 17.5 Å². The van der Waals surface area contributed by atoms with Gasteiger partial charge in [0, 0.05) is 19.3 Å². The average Bonchev–Trinajstić information content (AvgIpc) is 2.45. The quantitative estimate of drug-likeness (QED) is 0.892. The molecular weight excluding hydrogens is 284 g/mol. The Morgan fingerprint density at radius 1 is 1.19 bits per heavy atom. The van der Waals surface area contributed by atoms with Crippen molar-refractivity contribution in [3.05, 3.63) is 40.5 Å². The minimum absolute atomic E-state index is 0.563. The number of anilines is 3. The first-order chi connectivity index (χ1) is 10.0. The van der Waals surface area contributed by atoms with Gasteiger partial charge in [-0.3, -0.25) is 0 Å². The fourth-order valence-electron chi connectivity index (χ4n) is 2.32. The summed E-state index contributed by atoms with van der Waals surface area (Å²) in [6, 6.07) is 5.94. The number of hydrogen-bond donors (Lipinski definition) is 1. The van der Waals surface area contributed by atoms with Gasteiger partial charge >= 0.3 is 0 Å². The lowest BCUT2D eigenvalue weighted by atomic mass is 10.1. The second kappa shape index (κ2) is 6.76. The van der Waals surface area contributed by atoms with Crippen molar-refractivity contribution >= 4 is 29.1 Å². The van der Waals surface area contributed by atoms with Crippen molar-refractivity contribution in [3.8, 4) is 0 Å². The smallest absolute Gasteiger partial charge is 0.229 e. The summed E-state index contributed by atoms with van der Waals surface area (Å²) in [5.74, 6) is 1.48. The minimum atomic E-state index is 0.563. The fraction of sp³-hybridized carbons (Fsp3) is 0.375. The molecule has 0 radical (unpaired) electrons. The van der Waals surface area contributed by atoms with Crippen LogP contribution < -0.4 is 10.2 Å². The van der Waals surface area contributed by atoms with E-state index in [9.17, 15) is 0 Å². The van der Waals surface area contributed by atoms with Gasteiger partial charge < -0.3 is 10.2 Å². The molecule has 5 heteroatoms. The Hall–Kier alpha value is -1.81. The van der Waals surface area contributed by atoms with Gasteiger partial charge in [0.05, 0.1) is 10.7 Å². The topological polar surface area (TPSA) is 41.1 Å². The lowest BCUT2D eigenvalue weighted by molar-refractivity contribution is 0.843. The number of benzene rings is 1. The second-order valence-electron chi connectivity index (χ2n) is 4.97. The molecule has 0 saturated heterocycles. The number of hydrogen-bond acceptors (Lipinski definition) is 4. The molecule has 1 heterocycles. The number of rotatable bonds is 5. The molecule has 0 atom stereocenters. The Bertz CT molecular complexity index is 600. The molecule has 1 N–H and O–H groups in total. The molecule has 0 fully saturated rings. The van der Waals surface area contributed by atoms with E-state index in [4.69, 9.17) is 11.6 Å². The van der Waals surface area contributed by atoms with Gasteiger partial charge in [0.25, 0.3) is 0 Å². The van der Waals surface area contributed by atoms with Gasteiger partial charge in [-0.15, -0.1) is 0 Å². The third-order valence-electron chi connectivity index (χ3n) is 3.40. The summed E-state index contributed by atoms with van der Waals surface area (Å²) in [6.45, 7) is 10.1. The Labute approximate surface area is 131 Å². The van der Waals surface area contributed by atoms with E-state index in [0.717, 1.165) is 35.7 Å². The highest BCUT2D eigenvalue weighted by atomic mass is 35.5. The third-order valence-corrected chi connectivity index (χ3v) is 3.69. The van der Waals surface area contributed by atoms with Crippen LogP contribution in [0.3, 0.4) is 0 Å². The van der Waals surface area contributed by atoms with E-state index in [1.807, 2.05) is 26.0 Å². The monoisotopic (exact) mass is 304 g/mol. The lowest BCUT2D eigenvalue weighted by Gasteiger charge is -2.20. The van der Waals surface area contributed by atoms with Crippen LogP contribution in [-0.4, -0.2) is 23.1 Å². The van der Waals surface area contributed by atoms with Crippen LogP contribution >= 0.6 is 11.6 Å². The standard InChI is InChI=1S/C16H21ClN4/c1-5-21(6-2)14-7-8-18-16(19-14)20-15-12(4)9-11(3)10-13(15)17/h7-10H,5-6H2,1-4H3,(H,18,19,20). The van der Waals surface area contributed by atoms with Crippen molar-refractivity contribution < 1.29 is 0 Å². The Balaban J connectivity index is 2.30. The van der Waals surface area contributed by atoms with E-state index < -0.39 is 0 Å². The lowest BCUT2D eigenvalue weighted by Crippen LogP contribution is -2.23. The van der Waals surface area contributed by atoms with E-state index in [-0.39, 0.29) is 0 Å². The summed E-state index contributed by atoms with van der Waals surface area (Å²) in [5, 5.41) is 3.91. The molecule has 0 bridgehead atoms. The third kappa shape index (κ3) is 3.64. The van der Waals surface area contributed by atoms with E-state index >= 15 is 0 Å². The van der Waals surface area contributed by atoms with Crippen molar-refractivity contribution in [2.75, 3.05) is 23.3 Å². The van der Waals surface area contributed by atoms with Crippen LogP contribution in [-0.2, 0) is 0 Å². The first-order valence-electron chi connectivity index (χ1n) is 7.16. The van der Waals surface area contributed by atoms with Gasteiger partial charge in [0.15, 0.2) is 0 Å². The van der Waals surface area contributed by atoms with Gasteiger partial charge in [-0.2, -0.15) is 4.98 Å². The van der Waals surface area contributed by atoms with Crippen LogP contribution in [0.2, 0.25) is 5.02 Å².